The second-order valence-electron chi connectivity index (χ2n) is 6.83. The SMILES string of the molecule is CC(C)(C)c1ccc(CN2CCC(CC(=O)O)CC2)s1. The molecule has 4 heteroatoms. The van der Waals surface area contributed by atoms with E-state index in [0.717, 1.165) is 32.5 Å². The van der Waals surface area contributed by atoms with Crippen LogP contribution in [-0.4, -0.2) is 29.1 Å². The second kappa shape index (κ2) is 6.27. The molecule has 1 aliphatic heterocycles. The number of carbonyl (C=O) groups is 1. The van der Waals surface area contributed by atoms with Gasteiger partial charge in [0, 0.05) is 22.7 Å². The summed E-state index contributed by atoms with van der Waals surface area (Å²) in [6, 6.07) is 4.49. The average molecular weight is 295 g/mol. The lowest BCUT2D eigenvalue weighted by Crippen LogP contribution is -2.33. The molecule has 1 aromatic heterocycles. The maximum Gasteiger partial charge on any atom is 0.303 e. The molecule has 0 radical (unpaired) electrons. The lowest BCUT2D eigenvalue weighted by atomic mass is 9.93. The van der Waals surface area contributed by atoms with Gasteiger partial charge in [-0.1, -0.05) is 20.8 Å². The molecule has 0 bridgehead atoms. The monoisotopic (exact) mass is 295 g/mol. The molecule has 20 heavy (non-hydrogen) atoms. The van der Waals surface area contributed by atoms with E-state index in [0.29, 0.717) is 12.3 Å². The van der Waals surface area contributed by atoms with E-state index in [1.54, 1.807) is 0 Å². The van der Waals surface area contributed by atoms with Crippen molar-refractivity contribution >= 4 is 17.3 Å². The molecule has 1 aliphatic rings. The van der Waals surface area contributed by atoms with Crippen molar-refractivity contribution in [3.05, 3.63) is 21.9 Å². The molecule has 1 aromatic rings. The normalized spacial score (nSPS) is 18.4. The molecular formula is C16H25NO2S. The minimum atomic E-state index is -0.656. The van der Waals surface area contributed by atoms with Crippen molar-refractivity contribution in [3.8, 4) is 0 Å². The minimum Gasteiger partial charge on any atom is -0.481 e. The van der Waals surface area contributed by atoms with Crippen LogP contribution in [0, 0.1) is 5.92 Å². The standard InChI is InChI=1S/C16H25NO2S/c1-16(2,3)14-5-4-13(20-14)11-17-8-6-12(7-9-17)10-15(18)19/h4-5,12H,6-11H2,1-3H3,(H,18,19). The number of piperidine rings is 1. The number of hydrogen-bond donors (Lipinski definition) is 1. The molecule has 0 aromatic carbocycles. The third kappa shape index (κ3) is 4.32. The Kier molecular flexibility index (Phi) is 4.86. The van der Waals surface area contributed by atoms with E-state index >= 15 is 0 Å². The smallest absolute Gasteiger partial charge is 0.303 e. The van der Waals surface area contributed by atoms with E-state index in [-0.39, 0.29) is 5.41 Å². The first-order chi connectivity index (χ1) is 9.34. The molecule has 1 saturated heterocycles. The van der Waals surface area contributed by atoms with Gasteiger partial charge < -0.3 is 5.11 Å². The molecule has 0 amide bonds. The Bertz CT molecular complexity index is 453. The Labute approximate surface area is 125 Å². The van der Waals surface area contributed by atoms with Crippen LogP contribution in [0.3, 0.4) is 0 Å². The molecule has 112 valence electrons. The number of carboxylic acids is 1. The van der Waals surface area contributed by atoms with E-state index < -0.39 is 5.97 Å². The van der Waals surface area contributed by atoms with Crippen LogP contribution in [-0.2, 0) is 16.8 Å². The number of thiophene rings is 1. The van der Waals surface area contributed by atoms with Gasteiger partial charge in [0.1, 0.15) is 0 Å². The van der Waals surface area contributed by atoms with Gasteiger partial charge in [-0.3, -0.25) is 9.69 Å². The van der Waals surface area contributed by atoms with Gasteiger partial charge in [0.15, 0.2) is 0 Å². The number of carboxylic acid groups (broad SMARTS) is 1. The Morgan fingerprint density at radius 3 is 2.50 bits per heavy atom. The van der Waals surface area contributed by atoms with Crippen LogP contribution >= 0.6 is 11.3 Å². The summed E-state index contributed by atoms with van der Waals surface area (Å²) in [5.74, 6) is -0.284. The van der Waals surface area contributed by atoms with Crippen LogP contribution < -0.4 is 0 Å². The van der Waals surface area contributed by atoms with Crippen LogP contribution in [0.25, 0.3) is 0 Å². The molecule has 0 aliphatic carbocycles. The molecule has 2 rings (SSSR count). The van der Waals surface area contributed by atoms with Gasteiger partial charge in [-0.25, -0.2) is 0 Å². The van der Waals surface area contributed by atoms with E-state index in [4.69, 9.17) is 5.11 Å². The van der Waals surface area contributed by atoms with Crippen molar-refractivity contribution in [3.63, 3.8) is 0 Å². The highest BCUT2D eigenvalue weighted by Gasteiger charge is 2.22. The summed E-state index contributed by atoms with van der Waals surface area (Å²) in [5.41, 5.74) is 0.234. The second-order valence-corrected chi connectivity index (χ2v) is 8.00. The Balaban J connectivity index is 1.84. The zero-order valence-corrected chi connectivity index (χ0v) is 13.5. The highest BCUT2D eigenvalue weighted by molar-refractivity contribution is 7.12. The number of aliphatic carboxylic acids is 1. The summed E-state index contributed by atoms with van der Waals surface area (Å²) < 4.78 is 0. The third-order valence-electron chi connectivity index (χ3n) is 3.95. The summed E-state index contributed by atoms with van der Waals surface area (Å²) in [6.45, 7) is 9.82. The van der Waals surface area contributed by atoms with Gasteiger partial charge in [0.2, 0.25) is 0 Å². The first-order valence-electron chi connectivity index (χ1n) is 7.38. The summed E-state index contributed by atoms with van der Waals surface area (Å²) >= 11 is 1.91. The molecule has 3 nitrogen and oxygen atoms in total. The van der Waals surface area contributed by atoms with E-state index in [1.165, 1.54) is 9.75 Å². The molecular weight excluding hydrogens is 270 g/mol. The van der Waals surface area contributed by atoms with Gasteiger partial charge in [0.05, 0.1) is 0 Å². The Morgan fingerprint density at radius 2 is 2.00 bits per heavy atom. The molecule has 2 heterocycles. The van der Waals surface area contributed by atoms with Crippen LogP contribution in [0.5, 0.6) is 0 Å². The lowest BCUT2D eigenvalue weighted by molar-refractivity contribution is -0.138. The molecule has 1 fully saturated rings. The van der Waals surface area contributed by atoms with E-state index in [2.05, 4.69) is 37.8 Å². The topological polar surface area (TPSA) is 40.5 Å². The zero-order chi connectivity index (χ0) is 14.8. The number of likely N-dealkylation sites (tertiary alicyclic amines) is 1. The number of nitrogens with zero attached hydrogens (tertiary/aromatic N) is 1. The quantitative estimate of drug-likeness (QED) is 0.920. The van der Waals surface area contributed by atoms with E-state index in [9.17, 15) is 4.79 Å². The average Bonchev–Trinajstić information content (AvgIpc) is 2.79. The summed E-state index contributed by atoms with van der Waals surface area (Å²) in [6.07, 6.45) is 2.37. The maximum absolute atomic E-state index is 10.7. The van der Waals surface area contributed by atoms with Gasteiger partial charge in [0.25, 0.3) is 0 Å². The summed E-state index contributed by atoms with van der Waals surface area (Å²) in [4.78, 5) is 16.0. The number of hydrogen-bond acceptors (Lipinski definition) is 3. The largest absolute Gasteiger partial charge is 0.481 e. The predicted octanol–water partition coefficient (Wildman–Crippen LogP) is 3.73. The maximum atomic E-state index is 10.7. The zero-order valence-electron chi connectivity index (χ0n) is 12.7. The Morgan fingerprint density at radius 1 is 1.35 bits per heavy atom. The van der Waals surface area contributed by atoms with Crippen LogP contribution in [0.1, 0.15) is 49.8 Å². The van der Waals surface area contributed by atoms with Gasteiger partial charge in [-0.2, -0.15) is 0 Å². The fourth-order valence-corrected chi connectivity index (χ4v) is 3.79. The van der Waals surface area contributed by atoms with Crippen molar-refractivity contribution in [1.82, 2.24) is 4.90 Å². The lowest BCUT2D eigenvalue weighted by Gasteiger charge is -2.30. The van der Waals surface area contributed by atoms with Gasteiger partial charge in [-0.05, 0) is 49.4 Å². The van der Waals surface area contributed by atoms with Crippen LogP contribution in [0.15, 0.2) is 12.1 Å². The van der Waals surface area contributed by atoms with Crippen molar-refractivity contribution < 1.29 is 9.90 Å². The van der Waals surface area contributed by atoms with Crippen molar-refractivity contribution in [2.45, 2.75) is 52.0 Å². The molecule has 0 unspecified atom stereocenters. The first kappa shape index (κ1) is 15.5. The molecule has 0 atom stereocenters. The predicted molar refractivity (Wildman–Crippen MR) is 83.3 cm³/mol. The van der Waals surface area contributed by atoms with E-state index in [1.807, 2.05) is 11.3 Å². The first-order valence-corrected chi connectivity index (χ1v) is 8.19. The summed E-state index contributed by atoms with van der Waals surface area (Å²) in [5, 5.41) is 8.83. The fraction of sp³-hybridized carbons (Fsp3) is 0.688. The van der Waals surface area contributed by atoms with Crippen LogP contribution in [0.4, 0.5) is 0 Å². The molecule has 0 spiro atoms. The third-order valence-corrected chi connectivity index (χ3v) is 5.45. The minimum absolute atomic E-state index is 0.234. The van der Waals surface area contributed by atoms with Gasteiger partial charge in [-0.15, -0.1) is 11.3 Å². The molecule has 1 N–H and O–H groups in total. The summed E-state index contributed by atoms with van der Waals surface area (Å²) in [7, 11) is 0. The number of rotatable bonds is 4. The van der Waals surface area contributed by atoms with Crippen molar-refractivity contribution in [2.24, 2.45) is 5.92 Å². The highest BCUT2D eigenvalue weighted by atomic mass is 32.1. The Hall–Kier alpha value is -0.870. The van der Waals surface area contributed by atoms with Gasteiger partial charge >= 0.3 is 5.97 Å². The highest BCUT2D eigenvalue weighted by Crippen LogP contribution is 2.31. The fourth-order valence-electron chi connectivity index (χ4n) is 2.68. The van der Waals surface area contributed by atoms with Crippen molar-refractivity contribution in [2.75, 3.05) is 13.1 Å². The van der Waals surface area contributed by atoms with Crippen molar-refractivity contribution in [1.29, 1.82) is 0 Å². The molecule has 0 saturated carbocycles. The van der Waals surface area contributed by atoms with Crippen LogP contribution in [0.2, 0.25) is 0 Å².